The van der Waals surface area contributed by atoms with Crippen LogP contribution < -0.4 is 10.3 Å². The van der Waals surface area contributed by atoms with Crippen molar-refractivity contribution in [2.45, 2.75) is 18.9 Å². The first-order valence-corrected chi connectivity index (χ1v) is 6.44. The van der Waals surface area contributed by atoms with Gasteiger partial charge < -0.3 is 9.94 Å². The van der Waals surface area contributed by atoms with Crippen molar-refractivity contribution in [2.75, 3.05) is 0 Å². The van der Waals surface area contributed by atoms with Gasteiger partial charge in [-0.1, -0.05) is 18.2 Å². The number of para-hydroxylation sites is 1. The lowest BCUT2D eigenvalue weighted by molar-refractivity contribution is -0.133. The van der Waals surface area contributed by atoms with Gasteiger partial charge in [-0.2, -0.15) is 5.48 Å². The lowest BCUT2D eigenvalue weighted by Gasteiger charge is -2.12. The Bertz CT molecular complexity index is 503. The molecule has 94 valence electrons. The SMILES string of the molecule is O=C(NOc1ccccc1)[C@]12C[C@@H]3C[C@@H]1C2[C@H]3O. The van der Waals surface area contributed by atoms with Crippen molar-refractivity contribution in [1.82, 2.24) is 5.48 Å². The molecule has 0 radical (unpaired) electrons. The Morgan fingerprint density at radius 3 is 2.72 bits per heavy atom. The first-order valence-electron chi connectivity index (χ1n) is 6.44. The van der Waals surface area contributed by atoms with Crippen LogP contribution >= 0.6 is 0 Å². The molecule has 0 heterocycles. The lowest BCUT2D eigenvalue weighted by atomic mass is 10.0. The summed E-state index contributed by atoms with van der Waals surface area (Å²) in [6, 6.07) is 9.20. The van der Waals surface area contributed by atoms with Crippen LogP contribution in [-0.4, -0.2) is 17.1 Å². The molecule has 0 saturated heterocycles. The summed E-state index contributed by atoms with van der Waals surface area (Å²) < 4.78 is 0. The highest BCUT2D eigenvalue weighted by Gasteiger charge is 2.82. The molecule has 5 atom stereocenters. The minimum Gasteiger partial charge on any atom is -0.393 e. The third-order valence-electron chi connectivity index (χ3n) is 5.02. The van der Waals surface area contributed by atoms with Crippen molar-refractivity contribution in [3.63, 3.8) is 0 Å². The van der Waals surface area contributed by atoms with E-state index < -0.39 is 0 Å². The number of aliphatic hydroxyl groups excluding tert-OH is 1. The molecule has 4 aliphatic rings. The Morgan fingerprint density at radius 1 is 1.39 bits per heavy atom. The maximum Gasteiger partial charge on any atom is 0.259 e. The van der Waals surface area contributed by atoms with E-state index >= 15 is 0 Å². The Labute approximate surface area is 105 Å². The van der Waals surface area contributed by atoms with E-state index in [1.165, 1.54) is 0 Å². The van der Waals surface area contributed by atoms with Crippen molar-refractivity contribution in [3.05, 3.63) is 30.3 Å². The molecule has 4 nitrogen and oxygen atoms in total. The summed E-state index contributed by atoms with van der Waals surface area (Å²) in [6.07, 6.45) is 1.57. The largest absolute Gasteiger partial charge is 0.393 e. The van der Waals surface area contributed by atoms with E-state index in [1.54, 1.807) is 12.1 Å². The van der Waals surface area contributed by atoms with Crippen LogP contribution in [0.5, 0.6) is 5.75 Å². The van der Waals surface area contributed by atoms with E-state index in [9.17, 15) is 9.90 Å². The first kappa shape index (κ1) is 10.4. The Morgan fingerprint density at radius 2 is 2.17 bits per heavy atom. The maximum absolute atomic E-state index is 12.2. The van der Waals surface area contributed by atoms with Gasteiger partial charge in [0.05, 0.1) is 11.5 Å². The van der Waals surface area contributed by atoms with E-state index in [4.69, 9.17) is 4.84 Å². The fourth-order valence-corrected chi connectivity index (χ4v) is 4.24. The molecule has 1 unspecified atom stereocenters. The molecule has 1 amide bonds. The van der Waals surface area contributed by atoms with Crippen LogP contribution in [0.3, 0.4) is 0 Å². The summed E-state index contributed by atoms with van der Waals surface area (Å²) in [7, 11) is 0. The molecular formula is C14H15NO3. The van der Waals surface area contributed by atoms with Crippen LogP contribution in [-0.2, 0) is 4.79 Å². The Balaban J connectivity index is 1.44. The van der Waals surface area contributed by atoms with E-state index in [2.05, 4.69) is 5.48 Å². The second-order valence-electron chi connectivity index (χ2n) is 5.71. The molecule has 4 bridgehead atoms. The normalized spacial score (nSPS) is 42.7. The highest BCUT2D eigenvalue weighted by molar-refractivity contribution is 5.87. The fraction of sp³-hybridized carbons (Fsp3) is 0.500. The minimum atomic E-state index is -0.321. The number of hydroxylamine groups is 1. The van der Waals surface area contributed by atoms with Gasteiger partial charge in [-0.25, -0.2) is 0 Å². The van der Waals surface area contributed by atoms with E-state index in [0.29, 0.717) is 17.6 Å². The van der Waals surface area contributed by atoms with Gasteiger partial charge in [0.1, 0.15) is 0 Å². The quantitative estimate of drug-likeness (QED) is 0.784. The average Bonchev–Trinajstić information content (AvgIpc) is 2.70. The lowest BCUT2D eigenvalue weighted by Crippen LogP contribution is -2.35. The molecule has 0 aromatic heterocycles. The Kier molecular flexibility index (Phi) is 1.88. The van der Waals surface area contributed by atoms with Gasteiger partial charge in [0.25, 0.3) is 5.91 Å². The molecule has 5 rings (SSSR count). The number of carbonyl (C=O) groups excluding carboxylic acids is 1. The summed E-state index contributed by atoms with van der Waals surface area (Å²) in [4.78, 5) is 17.5. The topological polar surface area (TPSA) is 58.6 Å². The van der Waals surface area contributed by atoms with Crippen LogP contribution in [0.15, 0.2) is 30.3 Å². The second kappa shape index (κ2) is 3.26. The Hall–Kier alpha value is -1.55. The standard InChI is InChI=1S/C14H15NO3/c16-12-8-6-10-11(12)14(10,7-8)13(17)15-18-9-4-2-1-3-5-9/h1-5,8,10-12,16H,6-7H2,(H,15,17)/t8-,10+,11?,12-,14+/m0/s1. The number of hydrogen-bond acceptors (Lipinski definition) is 3. The highest BCUT2D eigenvalue weighted by Crippen LogP contribution is 2.79. The molecule has 0 aliphatic heterocycles. The van der Waals surface area contributed by atoms with Gasteiger partial charge in [0, 0.05) is 5.92 Å². The van der Waals surface area contributed by atoms with Crippen molar-refractivity contribution in [1.29, 1.82) is 0 Å². The van der Waals surface area contributed by atoms with E-state index in [1.807, 2.05) is 18.2 Å². The minimum absolute atomic E-state index is 0.0552. The van der Waals surface area contributed by atoms with Gasteiger partial charge in [-0.15, -0.1) is 0 Å². The summed E-state index contributed by atoms with van der Waals surface area (Å²) in [5.41, 5.74) is 2.23. The number of amides is 1. The second-order valence-corrected chi connectivity index (χ2v) is 5.71. The van der Waals surface area contributed by atoms with Crippen LogP contribution in [0.2, 0.25) is 0 Å². The first-order chi connectivity index (χ1) is 8.73. The zero-order chi connectivity index (χ0) is 12.3. The van der Waals surface area contributed by atoms with Gasteiger partial charge in [-0.05, 0) is 36.8 Å². The molecule has 1 aromatic rings. The highest BCUT2D eigenvalue weighted by atomic mass is 16.7. The van der Waals surface area contributed by atoms with Crippen LogP contribution in [0, 0.1) is 23.2 Å². The zero-order valence-electron chi connectivity index (χ0n) is 9.87. The smallest absolute Gasteiger partial charge is 0.259 e. The summed E-state index contributed by atoms with van der Waals surface area (Å²) in [6.45, 7) is 0. The van der Waals surface area contributed by atoms with E-state index in [0.717, 1.165) is 12.8 Å². The predicted octanol–water partition coefficient (Wildman–Crippen LogP) is 1.11. The zero-order valence-corrected chi connectivity index (χ0v) is 9.87. The molecule has 4 aliphatic carbocycles. The molecule has 1 aromatic carbocycles. The van der Waals surface area contributed by atoms with Gasteiger partial charge >= 0.3 is 0 Å². The molecular weight excluding hydrogens is 230 g/mol. The number of rotatable bonds is 3. The van der Waals surface area contributed by atoms with Gasteiger partial charge in [-0.3, -0.25) is 4.79 Å². The number of aliphatic hydroxyl groups is 1. The third-order valence-corrected chi connectivity index (χ3v) is 5.02. The average molecular weight is 245 g/mol. The van der Waals surface area contributed by atoms with Crippen LogP contribution in [0.1, 0.15) is 12.8 Å². The van der Waals surface area contributed by atoms with Crippen molar-refractivity contribution in [3.8, 4) is 5.75 Å². The number of hydrogen-bond donors (Lipinski definition) is 2. The molecule has 2 N–H and O–H groups in total. The third kappa shape index (κ3) is 1.11. The number of carbonyl (C=O) groups is 1. The molecule has 0 spiro atoms. The number of nitrogens with one attached hydrogen (secondary N) is 1. The predicted molar refractivity (Wildman–Crippen MR) is 63.4 cm³/mol. The van der Waals surface area contributed by atoms with Crippen molar-refractivity contribution < 1.29 is 14.7 Å². The summed E-state index contributed by atoms with van der Waals surface area (Å²) in [5, 5.41) is 9.93. The fourth-order valence-electron chi connectivity index (χ4n) is 4.24. The molecule has 4 saturated carbocycles. The molecule has 18 heavy (non-hydrogen) atoms. The van der Waals surface area contributed by atoms with E-state index in [-0.39, 0.29) is 23.3 Å². The van der Waals surface area contributed by atoms with Gasteiger partial charge in [0.2, 0.25) is 0 Å². The van der Waals surface area contributed by atoms with Crippen molar-refractivity contribution in [2.24, 2.45) is 23.2 Å². The molecule has 4 fully saturated rings. The molecule has 4 heteroatoms. The monoisotopic (exact) mass is 245 g/mol. The summed E-state index contributed by atoms with van der Waals surface area (Å²) in [5.74, 6) is 1.48. The number of benzene rings is 1. The van der Waals surface area contributed by atoms with Crippen LogP contribution in [0.25, 0.3) is 0 Å². The summed E-state index contributed by atoms with van der Waals surface area (Å²) >= 11 is 0. The maximum atomic E-state index is 12.2. The van der Waals surface area contributed by atoms with Gasteiger partial charge in [0.15, 0.2) is 5.75 Å². The van der Waals surface area contributed by atoms with Crippen molar-refractivity contribution >= 4 is 5.91 Å². The van der Waals surface area contributed by atoms with Crippen LogP contribution in [0.4, 0.5) is 0 Å².